The summed E-state index contributed by atoms with van der Waals surface area (Å²) in [4.78, 5) is 10.1. The Morgan fingerprint density at radius 3 is 2.79 bits per heavy atom. The summed E-state index contributed by atoms with van der Waals surface area (Å²) in [7, 11) is 0. The number of nitrogens with zero attached hydrogens (tertiary/aromatic N) is 1. The average Bonchev–Trinajstić information content (AvgIpc) is 2.15. The summed E-state index contributed by atoms with van der Waals surface area (Å²) < 4.78 is 0. The maximum Gasteiger partial charge on any atom is 0.269 e. The minimum absolute atomic E-state index is 0.130. The van der Waals surface area contributed by atoms with Gasteiger partial charge in [0.05, 0.1) is 4.92 Å². The first-order valence-electron chi connectivity index (χ1n) is 4.17. The number of nitro groups is 1. The van der Waals surface area contributed by atoms with E-state index in [1.54, 1.807) is 12.1 Å². The van der Waals surface area contributed by atoms with E-state index in [1.807, 2.05) is 19.1 Å². The number of aryl methyl sites for hydroxylation is 1. The van der Waals surface area contributed by atoms with Crippen LogP contribution in [-0.4, -0.2) is 10.7 Å². The van der Waals surface area contributed by atoms with E-state index in [4.69, 9.17) is 0 Å². The lowest BCUT2D eigenvalue weighted by atomic mass is 10.1. The fraction of sp³-hybridized carbons (Fsp3) is 0.200. The SMILES string of the molecule is Cc1cc([N+](=O)[O-])ccc1C=CCS. The molecule has 0 saturated heterocycles. The molecule has 0 bridgehead atoms. The number of hydrogen-bond acceptors (Lipinski definition) is 3. The molecule has 0 spiro atoms. The molecule has 3 nitrogen and oxygen atoms in total. The number of thiol groups is 1. The lowest BCUT2D eigenvalue weighted by Crippen LogP contribution is -1.89. The summed E-state index contributed by atoms with van der Waals surface area (Å²) in [6.07, 6.45) is 3.81. The molecule has 0 aliphatic carbocycles. The van der Waals surface area contributed by atoms with Crippen molar-refractivity contribution in [3.05, 3.63) is 45.5 Å². The second kappa shape index (κ2) is 4.81. The van der Waals surface area contributed by atoms with Crippen LogP contribution >= 0.6 is 12.6 Å². The molecule has 0 aliphatic rings. The summed E-state index contributed by atoms with van der Waals surface area (Å²) in [6.45, 7) is 1.85. The molecule has 74 valence electrons. The first-order chi connectivity index (χ1) is 6.65. The zero-order valence-electron chi connectivity index (χ0n) is 7.80. The molecule has 0 aromatic heterocycles. The van der Waals surface area contributed by atoms with Gasteiger partial charge in [-0.3, -0.25) is 10.1 Å². The van der Waals surface area contributed by atoms with E-state index >= 15 is 0 Å². The Labute approximate surface area is 88.0 Å². The van der Waals surface area contributed by atoms with Gasteiger partial charge in [-0.05, 0) is 24.1 Å². The van der Waals surface area contributed by atoms with Crippen LogP contribution < -0.4 is 0 Å². The second-order valence-corrected chi connectivity index (χ2v) is 3.25. The molecule has 1 aromatic carbocycles. The molecular formula is C10H11NO2S. The Kier molecular flexibility index (Phi) is 3.71. The number of hydrogen-bond donors (Lipinski definition) is 1. The number of rotatable bonds is 3. The van der Waals surface area contributed by atoms with Gasteiger partial charge in [-0.25, -0.2) is 0 Å². The van der Waals surface area contributed by atoms with Crippen molar-refractivity contribution < 1.29 is 4.92 Å². The van der Waals surface area contributed by atoms with Crippen molar-refractivity contribution in [1.29, 1.82) is 0 Å². The van der Waals surface area contributed by atoms with Crippen molar-refractivity contribution in [3.8, 4) is 0 Å². The summed E-state index contributed by atoms with van der Waals surface area (Å²) in [5.74, 6) is 0.663. The van der Waals surface area contributed by atoms with Gasteiger partial charge < -0.3 is 0 Å². The molecule has 14 heavy (non-hydrogen) atoms. The highest BCUT2D eigenvalue weighted by atomic mass is 32.1. The Morgan fingerprint density at radius 2 is 2.29 bits per heavy atom. The smallest absolute Gasteiger partial charge is 0.258 e. The van der Waals surface area contributed by atoms with Crippen LogP contribution in [0.5, 0.6) is 0 Å². The number of benzene rings is 1. The Morgan fingerprint density at radius 1 is 1.57 bits per heavy atom. The van der Waals surface area contributed by atoms with Gasteiger partial charge in [0.2, 0.25) is 0 Å². The maximum absolute atomic E-state index is 10.5. The van der Waals surface area contributed by atoms with Gasteiger partial charge in [0.1, 0.15) is 0 Å². The van der Waals surface area contributed by atoms with Gasteiger partial charge >= 0.3 is 0 Å². The molecule has 0 atom stereocenters. The van der Waals surface area contributed by atoms with Gasteiger partial charge in [0.15, 0.2) is 0 Å². The summed E-state index contributed by atoms with van der Waals surface area (Å²) in [6, 6.07) is 4.82. The number of non-ortho nitro benzene ring substituents is 1. The van der Waals surface area contributed by atoms with Crippen LogP contribution in [0.3, 0.4) is 0 Å². The van der Waals surface area contributed by atoms with E-state index in [-0.39, 0.29) is 10.6 Å². The Hall–Kier alpha value is -1.29. The molecular weight excluding hydrogens is 198 g/mol. The zero-order valence-corrected chi connectivity index (χ0v) is 8.70. The van der Waals surface area contributed by atoms with E-state index in [1.165, 1.54) is 6.07 Å². The topological polar surface area (TPSA) is 43.1 Å². The lowest BCUT2D eigenvalue weighted by molar-refractivity contribution is -0.384. The second-order valence-electron chi connectivity index (χ2n) is 2.88. The highest BCUT2D eigenvalue weighted by Gasteiger charge is 2.05. The summed E-state index contributed by atoms with van der Waals surface area (Å²) >= 11 is 4.04. The van der Waals surface area contributed by atoms with Crippen molar-refractivity contribution in [1.82, 2.24) is 0 Å². The fourth-order valence-electron chi connectivity index (χ4n) is 1.14. The molecule has 0 heterocycles. The maximum atomic E-state index is 10.5. The first-order valence-corrected chi connectivity index (χ1v) is 4.81. The molecule has 0 amide bonds. The van der Waals surface area contributed by atoms with Gasteiger partial charge in [-0.2, -0.15) is 12.6 Å². The largest absolute Gasteiger partial charge is 0.269 e. The Bertz CT molecular complexity index is 374. The number of nitro benzene ring substituents is 1. The normalized spacial score (nSPS) is 10.7. The minimum Gasteiger partial charge on any atom is -0.258 e. The zero-order chi connectivity index (χ0) is 10.6. The van der Waals surface area contributed by atoms with Crippen LogP contribution in [0.25, 0.3) is 6.08 Å². The quantitative estimate of drug-likeness (QED) is 0.472. The third-order valence-electron chi connectivity index (χ3n) is 1.87. The first kappa shape index (κ1) is 10.8. The van der Waals surface area contributed by atoms with Crippen molar-refractivity contribution in [2.24, 2.45) is 0 Å². The monoisotopic (exact) mass is 209 g/mol. The molecule has 0 fully saturated rings. The van der Waals surface area contributed by atoms with E-state index in [0.29, 0.717) is 5.75 Å². The predicted octanol–water partition coefficient (Wildman–Crippen LogP) is 2.85. The molecule has 0 radical (unpaired) electrons. The predicted molar refractivity (Wildman–Crippen MR) is 60.7 cm³/mol. The van der Waals surface area contributed by atoms with Crippen LogP contribution in [0.15, 0.2) is 24.3 Å². The van der Waals surface area contributed by atoms with Crippen LogP contribution in [0, 0.1) is 17.0 Å². The molecule has 0 N–H and O–H groups in total. The van der Waals surface area contributed by atoms with E-state index in [0.717, 1.165) is 11.1 Å². The van der Waals surface area contributed by atoms with Crippen molar-refractivity contribution in [2.75, 3.05) is 5.75 Å². The molecule has 4 heteroatoms. The Balaban J connectivity index is 3.01. The van der Waals surface area contributed by atoms with Crippen LogP contribution in [0.4, 0.5) is 5.69 Å². The third-order valence-corrected chi connectivity index (χ3v) is 2.08. The summed E-state index contributed by atoms with van der Waals surface area (Å²) in [5.41, 5.74) is 2.02. The molecule has 0 unspecified atom stereocenters. The van der Waals surface area contributed by atoms with Crippen molar-refractivity contribution >= 4 is 24.4 Å². The lowest BCUT2D eigenvalue weighted by Gasteiger charge is -1.99. The molecule has 1 rings (SSSR count). The van der Waals surface area contributed by atoms with Gasteiger partial charge in [-0.1, -0.05) is 12.2 Å². The van der Waals surface area contributed by atoms with E-state index < -0.39 is 0 Å². The summed E-state index contributed by atoms with van der Waals surface area (Å²) in [5, 5.41) is 10.5. The highest BCUT2D eigenvalue weighted by Crippen LogP contribution is 2.18. The highest BCUT2D eigenvalue weighted by molar-refractivity contribution is 7.80. The van der Waals surface area contributed by atoms with E-state index in [2.05, 4.69) is 12.6 Å². The van der Waals surface area contributed by atoms with Crippen LogP contribution in [0.2, 0.25) is 0 Å². The third kappa shape index (κ3) is 2.60. The van der Waals surface area contributed by atoms with Gasteiger partial charge in [-0.15, -0.1) is 0 Å². The van der Waals surface area contributed by atoms with Crippen molar-refractivity contribution in [2.45, 2.75) is 6.92 Å². The van der Waals surface area contributed by atoms with Crippen molar-refractivity contribution in [3.63, 3.8) is 0 Å². The van der Waals surface area contributed by atoms with Crippen LogP contribution in [0.1, 0.15) is 11.1 Å². The van der Waals surface area contributed by atoms with E-state index in [9.17, 15) is 10.1 Å². The molecule has 0 aliphatic heterocycles. The van der Waals surface area contributed by atoms with Crippen LogP contribution in [-0.2, 0) is 0 Å². The fourth-order valence-corrected chi connectivity index (χ4v) is 1.25. The van der Waals surface area contributed by atoms with Gasteiger partial charge in [0.25, 0.3) is 5.69 Å². The average molecular weight is 209 g/mol. The molecule has 1 aromatic rings. The molecule has 0 saturated carbocycles. The standard InChI is InChI=1S/C10H11NO2S/c1-8-7-10(11(12)13)5-4-9(8)3-2-6-14/h2-5,7,14H,6H2,1H3. The van der Waals surface area contributed by atoms with Gasteiger partial charge in [0, 0.05) is 17.9 Å². The minimum atomic E-state index is -0.390.